The van der Waals surface area contributed by atoms with Crippen LogP contribution in [0, 0.1) is 0 Å². The van der Waals surface area contributed by atoms with Gasteiger partial charge in [-0.05, 0) is 39.1 Å². The Morgan fingerprint density at radius 2 is 2.15 bits per heavy atom. The zero-order chi connectivity index (χ0) is 9.94. The number of nitrogens with one attached hydrogen (secondary N) is 1. The highest BCUT2D eigenvalue weighted by Gasteiger charge is 1.97. The average Bonchev–Trinajstić information content (AvgIpc) is 2.16. The first-order chi connectivity index (χ1) is 6.31. The van der Waals surface area contributed by atoms with Crippen molar-refractivity contribution in [2.45, 2.75) is 19.3 Å². The van der Waals surface area contributed by atoms with Crippen LogP contribution < -0.4 is 5.32 Å². The summed E-state index contributed by atoms with van der Waals surface area (Å²) in [6.45, 7) is 2.02. The van der Waals surface area contributed by atoms with Gasteiger partial charge in [-0.2, -0.15) is 0 Å². The molecule has 0 rings (SSSR count). The molecular formula is C9H19NO2S. The van der Waals surface area contributed by atoms with Crippen LogP contribution >= 0.6 is 11.8 Å². The lowest BCUT2D eigenvalue weighted by molar-refractivity contribution is -0.115. The van der Waals surface area contributed by atoms with Gasteiger partial charge in [0.2, 0.25) is 5.12 Å². The standard InChI is InChI=1S/C9H19NO2S/c1-10-6-4-3-5-7-12-8-9(11)13-2/h10H,3-8H2,1-2H3. The lowest BCUT2D eigenvalue weighted by atomic mass is 10.2. The molecule has 0 fully saturated rings. The van der Waals surface area contributed by atoms with Crippen LogP contribution in [0.5, 0.6) is 0 Å². The number of hydrogen-bond acceptors (Lipinski definition) is 4. The molecule has 0 atom stereocenters. The summed E-state index contributed by atoms with van der Waals surface area (Å²) in [7, 11) is 1.95. The van der Waals surface area contributed by atoms with Gasteiger partial charge in [0.1, 0.15) is 6.61 Å². The molecule has 0 radical (unpaired) electrons. The fourth-order valence-corrected chi connectivity index (χ4v) is 1.10. The number of carbonyl (C=O) groups is 1. The van der Waals surface area contributed by atoms with E-state index in [0.29, 0.717) is 6.61 Å². The minimum absolute atomic E-state index is 0.107. The first kappa shape index (κ1) is 12.9. The molecule has 4 heteroatoms. The summed E-state index contributed by atoms with van der Waals surface area (Å²) in [5, 5.41) is 3.19. The van der Waals surface area contributed by atoms with Crippen molar-refractivity contribution in [1.82, 2.24) is 5.32 Å². The second-order valence-electron chi connectivity index (χ2n) is 2.79. The summed E-state index contributed by atoms with van der Waals surface area (Å²) in [6.07, 6.45) is 5.16. The molecule has 0 saturated heterocycles. The number of thioether (sulfide) groups is 1. The Morgan fingerprint density at radius 3 is 2.77 bits per heavy atom. The predicted octanol–water partition coefficient (Wildman–Crippen LogP) is 1.28. The molecule has 0 aromatic heterocycles. The summed E-state index contributed by atoms with van der Waals surface area (Å²) in [6, 6.07) is 0. The lowest BCUT2D eigenvalue weighted by Gasteiger charge is -2.02. The van der Waals surface area contributed by atoms with Crippen molar-refractivity contribution in [2.24, 2.45) is 0 Å². The van der Waals surface area contributed by atoms with Gasteiger partial charge >= 0.3 is 0 Å². The van der Waals surface area contributed by atoms with Crippen LogP contribution in [0.25, 0.3) is 0 Å². The maximum atomic E-state index is 10.8. The van der Waals surface area contributed by atoms with Crippen molar-refractivity contribution < 1.29 is 9.53 Å². The van der Waals surface area contributed by atoms with Gasteiger partial charge < -0.3 is 10.1 Å². The Hall–Kier alpha value is -0.0600. The van der Waals surface area contributed by atoms with E-state index in [4.69, 9.17) is 4.74 Å². The summed E-state index contributed by atoms with van der Waals surface area (Å²) in [5.74, 6) is 0. The Kier molecular flexibility index (Phi) is 9.98. The number of unbranched alkanes of at least 4 members (excludes halogenated alkanes) is 2. The number of rotatable bonds is 8. The molecule has 13 heavy (non-hydrogen) atoms. The third-order valence-electron chi connectivity index (χ3n) is 1.66. The van der Waals surface area contributed by atoms with E-state index in [1.165, 1.54) is 18.2 Å². The van der Waals surface area contributed by atoms with Gasteiger partial charge in [-0.25, -0.2) is 0 Å². The second kappa shape index (κ2) is 10.0. The fraction of sp³-hybridized carbons (Fsp3) is 0.889. The van der Waals surface area contributed by atoms with Gasteiger partial charge in [-0.3, -0.25) is 4.79 Å². The molecule has 0 amide bonds. The van der Waals surface area contributed by atoms with E-state index in [1.54, 1.807) is 6.26 Å². The van der Waals surface area contributed by atoms with Crippen molar-refractivity contribution in [1.29, 1.82) is 0 Å². The fourth-order valence-electron chi connectivity index (χ4n) is 0.897. The third kappa shape index (κ3) is 9.86. The molecule has 0 aromatic carbocycles. The number of carbonyl (C=O) groups excluding carboxylic acids is 1. The van der Waals surface area contributed by atoms with Crippen LogP contribution in [0.15, 0.2) is 0 Å². The maximum Gasteiger partial charge on any atom is 0.214 e. The van der Waals surface area contributed by atoms with Crippen molar-refractivity contribution >= 4 is 16.9 Å². The van der Waals surface area contributed by atoms with E-state index < -0.39 is 0 Å². The zero-order valence-corrected chi connectivity index (χ0v) is 9.28. The molecule has 0 unspecified atom stereocenters. The maximum absolute atomic E-state index is 10.8. The van der Waals surface area contributed by atoms with Crippen LogP contribution in [0.3, 0.4) is 0 Å². The Labute approximate surface area is 84.6 Å². The monoisotopic (exact) mass is 205 g/mol. The minimum atomic E-state index is 0.107. The molecule has 78 valence electrons. The van der Waals surface area contributed by atoms with Gasteiger partial charge in [-0.15, -0.1) is 0 Å². The van der Waals surface area contributed by atoms with Crippen molar-refractivity contribution in [3.05, 3.63) is 0 Å². The smallest absolute Gasteiger partial charge is 0.214 e. The van der Waals surface area contributed by atoms with Crippen LogP contribution in [-0.4, -0.2) is 38.2 Å². The van der Waals surface area contributed by atoms with Gasteiger partial charge in [0.15, 0.2) is 0 Å². The van der Waals surface area contributed by atoms with Crippen LogP contribution in [0.2, 0.25) is 0 Å². The van der Waals surface area contributed by atoms with E-state index in [2.05, 4.69) is 5.32 Å². The summed E-state index contributed by atoms with van der Waals surface area (Å²) in [4.78, 5) is 10.8. The molecule has 0 aromatic rings. The first-order valence-electron chi connectivity index (χ1n) is 4.60. The summed E-state index contributed by atoms with van der Waals surface area (Å²) < 4.78 is 5.18. The zero-order valence-electron chi connectivity index (χ0n) is 8.47. The van der Waals surface area contributed by atoms with E-state index >= 15 is 0 Å². The first-order valence-corrected chi connectivity index (χ1v) is 5.83. The topological polar surface area (TPSA) is 38.3 Å². The largest absolute Gasteiger partial charge is 0.373 e. The highest BCUT2D eigenvalue weighted by Crippen LogP contribution is 1.97. The van der Waals surface area contributed by atoms with Gasteiger partial charge in [0.25, 0.3) is 0 Å². The van der Waals surface area contributed by atoms with E-state index in [-0.39, 0.29) is 11.7 Å². The molecular weight excluding hydrogens is 186 g/mol. The Morgan fingerprint density at radius 1 is 1.38 bits per heavy atom. The van der Waals surface area contributed by atoms with E-state index in [1.807, 2.05) is 7.05 Å². The van der Waals surface area contributed by atoms with Gasteiger partial charge in [-0.1, -0.05) is 11.8 Å². The number of ether oxygens (including phenoxy) is 1. The van der Waals surface area contributed by atoms with E-state index in [9.17, 15) is 4.79 Å². The molecule has 0 saturated carbocycles. The van der Waals surface area contributed by atoms with Gasteiger partial charge in [0, 0.05) is 6.61 Å². The van der Waals surface area contributed by atoms with Gasteiger partial charge in [0.05, 0.1) is 0 Å². The normalized spacial score (nSPS) is 10.3. The van der Waals surface area contributed by atoms with E-state index in [0.717, 1.165) is 19.4 Å². The van der Waals surface area contributed by atoms with Crippen molar-refractivity contribution in [3.8, 4) is 0 Å². The SMILES string of the molecule is CNCCCCCOCC(=O)SC. The molecule has 0 spiro atoms. The second-order valence-corrected chi connectivity index (χ2v) is 3.66. The quantitative estimate of drug-likeness (QED) is 0.606. The van der Waals surface area contributed by atoms with Crippen molar-refractivity contribution in [3.63, 3.8) is 0 Å². The molecule has 0 aliphatic rings. The third-order valence-corrected chi connectivity index (χ3v) is 2.24. The Balaban J connectivity index is 2.95. The molecule has 1 N–H and O–H groups in total. The molecule has 0 aliphatic heterocycles. The highest BCUT2D eigenvalue weighted by atomic mass is 32.2. The van der Waals surface area contributed by atoms with Crippen LogP contribution in [-0.2, 0) is 9.53 Å². The molecule has 0 heterocycles. The molecule has 0 bridgehead atoms. The predicted molar refractivity (Wildman–Crippen MR) is 57.1 cm³/mol. The van der Waals surface area contributed by atoms with Crippen LogP contribution in [0.4, 0.5) is 0 Å². The van der Waals surface area contributed by atoms with Crippen molar-refractivity contribution in [2.75, 3.05) is 33.1 Å². The highest BCUT2D eigenvalue weighted by molar-refractivity contribution is 8.13. The Bertz CT molecular complexity index is 131. The lowest BCUT2D eigenvalue weighted by Crippen LogP contribution is -2.08. The molecule has 3 nitrogen and oxygen atoms in total. The van der Waals surface area contributed by atoms with Crippen LogP contribution in [0.1, 0.15) is 19.3 Å². The average molecular weight is 205 g/mol. The minimum Gasteiger partial charge on any atom is -0.373 e. The number of hydrogen-bond donors (Lipinski definition) is 1. The summed E-state index contributed by atoms with van der Waals surface area (Å²) in [5.41, 5.74) is 0. The molecule has 0 aliphatic carbocycles. The summed E-state index contributed by atoms with van der Waals surface area (Å²) >= 11 is 1.22.